The Morgan fingerprint density at radius 3 is 2.21 bits per heavy atom. The van der Waals surface area contributed by atoms with Gasteiger partial charge in [-0.1, -0.05) is 12.0 Å². The van der Waals surface area contributed by atoms with Gasteiger partial charge in [0.05, 0.1) is 16.2 Å². The minimum Gasteiger partial charge on any atom is -0.403 e. The molecule has 0 saturated heterocycles. The maximum atomic E-state index is 12.6. The summed E-state index contributed by atoms with van der Waals surface area (Å²) in [6.07, 6.45) is -4.46. The van der Waals surface area contributed by atoms with Crippen LogP contribution in [0.4, 0.5) is 19.2 Å². The average molecular weight is 425 g/mol. The summed E-state index contributed by atoms with van der Waals surface area (Å²) in [4.78, 5) is 12.3. The van der Waals surface area contributed by atoms with Crippen LogP contribution < -0.4 is 5.32 Å². The molecule has 7 nitrogen and oxygen atoms in total. The molecular formula is C18H14F3N3O4S. The number of sulfone groups is 1. The average Bonchev–Trinajstić information content (AvgIpc) is 3.16. The van der Waals surface area contributed by atoms with Gasteiger partial charge in [0.25, 0.3) is 5.91 Å². The van der Waals surface area contributed by atoms with Crippen molar-refractivity contribution in [1.29, 1.82) is 0 Å². The van der Waals surface area contributed by atoms with Crippen LogP contribution in [0.1, 0.15) is 22.8 Å². The fourth-order valence-electron chi connectivity index (χ4n) is 2.34. The molecule has 0 unspecified atom stereocenters. The Morgan fingerprint density at radius 1 is 1.03 bits per heavy atom. The van der Waals surface area contributed by atoms with Crippen LogP contribution in [0.3, 0.4) is 0 Å². The van der Waals surface area contributed by atoms with Crippen LogP contribution >= 0.6 is 0 Å². The number of aromatic nitrogens is 2. The van der Waals surface area contributed by atoms with Crippen molar-refractivity contribution in [1.82, 2.24) is 10.2 Å². The Balaban J connectivity index is 1.72. The minimum atomic E-state index is -4.46. The molecule has 3 aromatic rings. The van der Waals surface area contributed by atoms with E-state index >= 15 is 0 Å². The molecule has 2 aromatic carbocycles. The van der Waals surface area contributed by atoms with Gasteiger partial charge in [-0.3, -0.25) is 10.1 Å². The molecule has 0 atom stereocenters. The van der Waals surface area contributed by atoms with Crippen molar-refractivity contribution in [3.63, 3.8) is 0 Å². The number of alkyl halides is 3. The quantitative estimate of drug-likeness (QED) is 0.667. The second-order valence-corrected chi connectivity index (χ2v) is 8.15. The van der Waals surface area contributed by atoms with Crippen LogP contribution in [0.15, 0.2) is 57.8 Å². The smallest absolute Gasteiger partial charge is 0.403 e. The van der Waals surface area contributed by atoms with Crippen LogP contribution in [0, 0.1) is 0 Å². The number of hydrogen-bond acceptors (Lipinski definition) is 6. The number of benzene rings is 2. The van der Waals surface area contributed by atoms with E-state index in [1.54, 1.807) is 0 Å². The lowest BCUT2D eigenvalue weighted by molar-refractivity contribution is -0.137. The fraction of sp³-hybridized carbons (Fsp3) is 0.167. The monoisotopic (exact) mass is 425 g/mol. The second-order valence-electron chi connectivity index (χ2n) is 5.87. The number of rotatable bonds is 5. The Hall–Kier alpha value is -3.21. The third-order valence-corrected chi connectivity index (χ3v) is 5.71. The summed E-state index contributed by atoms with van der Waals surface area (Å²) in [5.74, 6) is -0.751. The molecule has 1 N–H and O–H groups in total. The Labute approximate surface area is 163 Å². The Kier molecular flexibility index (Phi) is 5.42. The van der Waals surface area contributed by atoms with E-state index in [1.807, 2.05) is 0 Å². The predicted octanol–water partition coefficient (Wildman–Crippen LogP) is 3.80. The summed E-state index contributed by atoms with van der Waals surface area (Å²) in [7, 11) is -3.38. The molecule has 0 aliphatic heterocycles. The molecule has 0 aliphatic rings. The van der Waals surface area contributed by atoms with Crippen molar-refractivity contribution in [3.05, 3.63) is 59.7 Å². The van der Waals surface area contributed by atoms with Gasteiger partial charge in [0.1, 0.15) is 0 Å². The normalized spacial score (nSPS) is 12.0. The number of halogens is 3. The highest BCUT2D eigenvalue weighted by atomic mass is 32.2. The van der Waals surface area contributed by atoms with Crippen molar-refractivity contribution >= 4 is 21.8 Å². The van der Waals surface area contributed by atoms with E-state index in [2.05, 4.69) is 15.5 Å². The number of hydrogen-bond donors (Lipinski definition) is 1. The number of nitrogens with zero attached hydrogens (tertiary/aromatic N) is 2. The summed E-state index contributed by atoms with van der Waals surface area (Å²) < 4.78 is 66.7. The molecule has 0 fully saturated rings. The fourth-order valence-corrected chi connectivity index (χ4v) is 3.23. The molecule has 1 aromatic heterocycles. The van der Waals surface area contributed by atoms with Crippen LogP contribution in [-0.2, 0) is 16.0 Å². The third-order valence-electron chi connectivity index (χ3n) is 3.96. The van der Waals surface area contributed by atoms with E-state index in [-0.39, 0.29) is 33.7 Å². The van der Waals surface area contributed by atoms with Crippen LogP contribution in [0.25, 0.3) is 11.5 Å². The molecule has 29 heavy (non-hydrogen) atoms. The van der Waals surface area contributed by atoms with Crippen molar-refractivity contribution in [2.45, 2.75) is 18.0 Å². The number of anilines is 1. The van der Waals surface area contributed by atoms with Crippen LogP contribution in [0.5, 0.6) is 0 Å². The first-order chi connectivity index (χ1) is 13.6. The SMILES string of the molecule is CCS(=O)(=O)c1ccc(C(=O)Nc2nnc(-c3ccc(C(F)(F)F)cc3)o2)cc1. The minimum absolute atomic E-state index is 0.0622. The molecular weight excluding hydrogens is 411 g/mol. The summed E-state index contributed by atoms with van der Waals surface area (Å²) in [6, 6.07) is 9.16. The summed E-state index contributed by atoms with van der Waals surface area (Å²) in [5.41, 5.74) is -0.405. The van der Waals surface area contributed by atoms with E-state index < -0.39 is 27.5 Å². The highest BCUT2D eigenvalue weighted by molar-refractivity contribution is 7.91. The van der Waals surface area contributed by atoms with Gasteiger partial charge in [0.2, 0.25) is 5.89 Å². The lowest BCUT2D eigenvalue weighted by atomic mass is 10.1. The second kappa shape index (κ2) is 7.66. The molecule has 11 heteroatoms. The molecule has 3 rings (SSSR count). The third kappa shape index (κ3) is 4.62. The maximum Gasteiger partial charge on any atom is 0.416 e. The van der Waals surface area contributed by atoms with Gasteiger partial charge in [0, 0.05) is 11.1 Å². The molecule has 1 amide bonds. The van der Waals surface area contributed by atoms with Crippen molar-refractivity contribution in [2.75, 3.05) is 11.1 Å². The van der Waals surface area contributed by atoms with Gasteiger partial charge in [-0.05, 0) is 48.5 Å². The summed E-state index contributed by atoms with van der Waals surface area (Å²) in [6.45, 7) is 1.51. The van der Waals surface area contributed by atoms with E-state index in [4.69, 9.17) is 4.42 Å². The molecule has 0 bridgehead atoms. The zero-order chi connectivity index (χ0) is 21.2. The van der Waals surface area contributed by atoms with Gasteiger partial charge in [-0.25, -0.2) is 8.42 Å². The van der Waals surface area contributed by atoms with Gasteiger partial charge in [-0.2, -0.15) is 13.2 Å². The molecule has 0 aliphatic carbocycles. The highest BCUT2D eigenvalue weighted by Gasteiger charge is 2.30. The first-order valence-electron chi connectivity index (χ1n) is 8.25. The Bertz CT molecular complexity index is 1120. The van der Waals surface area contributed by atoms with Crippen molar-refractivity contribution in [2.24, 2.45) is 0 Å². The number of carbonyl (C=O) groups excluding carboxylic acids is 1. The van der Waals surface area contributed by atoms with Crippen molar-refractivity contribution < 1.29 is 30.8 Å². The van der Waals surface area contributed by atoms with E-state index in [0.29, 0.717) is 0 Å². The molecule has 1 heterocycles. The number of carbonyl (C=O) groups is 1. The van der Waals surface area contributed by atoms with E-state index in [1.165, 1.54) is 43.3 Å². The van der Waals surface area contributed by atoms with Crippen molar-refractivity contribution in [3.8, 4) is 11.5 Å². The standard InChI is InChI=1S/C18H14F3N3O4S/c1-2-29(26,27)14-9-5-11(6-10-14)15(25)22-17-24-23-16(28-17)12-3-7-13(8-4-12)18(19,20)21/h3-10H,2H2,1H3,(H,22,24,25). The lowest BCUT2D eigenvalue weighted by Crippen LogP contribution is -2.12. The summed E-state index contributed by atoms with van der Waals surface area (Å²) >= 11 is 0. The molecule has 0 spiro atoms. The maximum absolute atomic E-state index is 12.6. The Morgan fingerprint density at radius 2 is 1.66 bits per heavy atom. The van der Waals surface area contributed by atoms with Gasteiger partial charge in [0.15, 0.2) is 9.84 Å². The number of amides is 1. The largest absolute Gasteiger partial charge is 0.416 e. The van der Waals surface area contributed by atoms with E-state index in [9.17, 15) is 26.4 Å². The van der Waals surface area contributed by atoms with E-state index in [0.717, 1.165) is 12.1 Å². The summed E-state index contributed by atoms with van der Waals surface area (Å²) in [5, 5.41) is 9.67. The molecule has 0 radical (unpaired) electrons. The first-order valence-corrected chi connectivity index (χ1v) is 9.90. The van der Waals surface area contributed by atoms with Crippen LogP contribution in [-0.4, -0.2) is 30.3 Å². The predicted molar refractivity (Wildman–Crippen MR) is 96.9 cm³/mol. The topological polar surface area (TPSA) is 102 Å². The molecule has 0 saturated carbocycles. The van der Waals surface area contributed by atoms with Gasteiger partial charge >= 0.3 is 12.2 Å². The molecule has 152 valence electrons. The van der Waals surface area contributed by atoms with Gasteiger partial charge in [-0.15, -0.1) is 5.10 Å². The number of nitrogens with one attached hydrogen (secondary N) is 1. The van der Waals surface area contributed by atoms with Gasteiger partial charge < -0.3 is 4.42 Å². The van der Waals surface area contributed by atoms with Crippen LogP contribution in [0.2, 0.25) is 0 Å². The first kappa shape index (κ1) is 20.5. The zero-order valence-electron chi connectivity index (χ0n) is 14.9. The lowest BCUT2D eigenvalue weighted by Gasteiger charge is -2.06. The highest BCUT2D eigenvalue weighted by Crippen LogP contribution is 2.31. The zero-order valence-corrected chi connectivity index (χ0v) is 15.7.